The highest BCUT2D eigenvalue weighted by Crippen LogP contribution is 2.27. The SMILES string of the molecule is Cc1ccc(N2CC(C(=O)NC3CCC(C(=O)O)CC3)CC2=O)cc1. The molecule has 1 unspecified atom stereocenters. The lowest BCUT2D eigenvalue weighted by molar-refractivity contribution is -0.142. The van der Waals surface area contributed by atoms with Crippen LogP contribution in [-0.2, 0) is 14.4 Å². The first kappa shape index (κ1) is 17.5. The van der Waals surface area contributed by atoms with Crippen LogP contribution in [0.4, 0.5) is 5.69 Å². The number of benzene rings is 1. The first-order valence-corrected chi connectivity index (χ1v) is 8.84. The number of nitrogens with one attached hydrogen (secondary N) is 1. The summed E-state index contributed by atoms with van der Waals surface area (Å²) in [4.78, 5) is 37.4. The number of carboxylic acids is 1. The van der Waals surface area contributed by atoms with Crippen molar-refractivity contribution >= 4 is 23.5 Å². The number of anilines is 1. The number of carboxylic acid groups (broad SMARTS) is 1. The summed E-state index contributed by atoms with van der Waals surface area (Å²) in [5, 5.41) is 12.0. The fourth-order valence-electron chi connectivity index (χ4n) is 3.66. The normalized spacial score (nSPS) is 26.5. The van der Waals surface area contributed by atoms with Crippen LogP contribution in [0.3, 0.4) is 0 Å². The molecule has 1 heterocycles. The van der Waals surface area contributed by atoms with Crippen molar-refractivity contribution in [1.29, 1.82) is 0 Å². The van der Waals surface area contributed by atoms with Gasteiger partial charge in [0.1, 0.15) is 0 Å². The summed E-state index contributed by atoms with van der Waals surface area (Å²) in [6, 6.07) is 7.74. The van der Waals surface area contributed by atoms with E-state index in [4.69, 9.17) is 5.11 Å². The second-order valence-corrected chi connectivity index (χ2v) is 7.14. The predicted molar refractivity (Wildman–Crippen MR) is 93.2 cm³/mol. The number of rotatable bonds is 4. The van der Waals surface area contributed by atoms with Crippen molar-refractivity contribution in [3.8, 4) is 0 Å². The van der Waals surface area contributed by atoms with Crippen molar-refractivity contribution in [2.24, 2.45) is 11.8 Å². The van der Waals surface area contributed by atoms with Gasteiger partial charge in [0.25, 0.3) is 0 Å². The highest BCUT2D eigenvalue weighted by Gasteiger charge is 2.36. The van der Waals surface area contributed by atoms with Crippen LogP contribution in [-0.4, -0.2) is 35.5 Å². The molecular formula is C19H24N2O4. The molecule has 0 bridgehead atoms. The third-order valence-electron chi connectivity index (χ3n) is 5.26. The lowest BCUT2D eigenvalue weighted by atomic mass is 9.86. The van der Waals surface area contributed by atoms with Crippen LogP contribution in [0.1, 0.15) is 37.7 Å². The molecule has 2 fully saturated rings. The molecule has 2 aliphatic rings. The summed E-state index contributed by atoms with van der Waals surface area (Å²) in [6.45, 7) is 2.39. The molecule has 134 valence electrons. The summed E-state index contributed by atoms with van der Waals surface area (Å²) in [7, 11) is 0. The molecule has 3 rings (SSSR count). The van der Waals surface area contributed by atoms with Gasteiger partial charge in [-0.15, -0.1) is 0 Å². The van der Waals surface area contributed by atoms with Crippen LogP contribution in [0, 0.1) is 18.8 Å². The highest BCUT2D eigenvalue weighted by atomic mass is 16.4. The van der Waals surface area contributed by atoms with Gasteiger partial charge in [-0.05, 0) is 44.7 Å². The monoisotopic (exact) mass is 344 g/mol. The van der Waals surface area contributed by atoms with Gasteiger partial charge in [0, 0.05) is 24.7 Å². The highest BCUT2D eigenvalue weighted by molar-refractivity contribution is 6.00. The largest absolute Gasteiger partial charge is 0.481 e. The number of hydrogen-bond donors (Lipinski definition) is 2. The van der Waals surface area contributed by atoms with E-state index in [1.807, 2.05) is 31.2 Å². The van der Waals surface area contributed by atoms with E-state index in [1.54, 1.807) is 4.90 Å². The Hall–Kier alpha value is -2.37. The summed E-state index contributed by atoms with van der Waals surface area (Å²) >= 11 is 0. The van der Waals surface area contributed by atoms with Crippen LogP contribution in [0.25, 0.3) is 0 Å². The Bertz CT molecular complexity index is 663. The van der Waals surface area contributed by atoms with E-state index in [-0.39, 0.29) is 36.1 Å². The number of carbonyl (C=O) groups excluding carboxylic acids is 2. The van der Waals surface area contributed by atoms with Crippen LogP contribution < -0.4 is 10.2 Å². The van der Waals surface area contributed by atoms with Gasteiger partial charge >= 0.3 is 5.97 Å². The summed E-state index contributed by atoms with van der Waals surface area (Å²) in [6.07, 6.45) is 2.79. The van der Waals surface area contributed by atoms with Gasteiger partial charge in [-0.3, -0.25) is 14.4 Å². The van der Waals surface area contributed by atoms with Crippen LogP contribution in [0.2, 0.25) is 0 Å². The number of hydrogen-bond acceptors (Lipinski definition) is 3. The zero-order valence-corrected chi connectivity index (χ0v) is 14.4. The molecule has 6 nitrogen and oxygen atoms in total. The van der Waals surface area contributed by atoms with Crippen molar-refractivity contribution in [3.05, 3.63) is 29.8 Å². The predicted octanol–water partition coefficient (Wildman–Crippen LogP) is 2.11. The van der Waals surface area contributed by atoms with E-state index >= 15 is 0 Å². The van der Waals surface area contributed by atoms with E-state index < -0.39 is 5.97 Å². The number of carbonyl (C=O) groups is 3. The Morgan fingerprint density at radius 1 is 1.08 bits per heavy atom. The minimum absolute atomic E-state index is 0.0200. The van der Waals surface area contributed by atoms with Crippen molar-refractivity contribution in [3.63, 3.8) is 0 Å². The molecule has 1 saturated carbocycles. The van der Waals surface area contributed by atoms with Gasteiger partial charge in [-0.1, -0.05) is 17.7 Å². The number of aryl methyl sites for hydroxylation is 1. The van der Waals surface area contributed by atoms with Gasteiger partial charge in [0.2, 0.25) is 11.8 Å². The first-order chi connectivity index (χ1) is 11.9. The molecule has 1 aliphatic heterocycles. The average Bonchev–Trinajstić information content (AvgIpc) is 2.98. The average molecular weight is 344 g/mol. The first-order valence-electron chi connectivity index (χ1n) is 8.84. The van der Waals surface area contributed by atoms with Crippen LogP contribution in [0.15, 0.2) is 24.3 Å². The maximum absolute atomic E-state index is 12.5. The molecule has 2 amide bonds. The van der Waals surface area contributed by atoms with Crippen molar-refractivity contribution in [1.82, 2.24) is 5.32 Å². The van der Waals surface area contributed by atoms with E-state index in [2.05, 4.69) is 5.32 Å². The molecule has 1 atom stereocenters. The topological polar surface area (TPSA) is 86.7 Å². The van der Waals surface area contributed by atoms with Crippen molar-refractivity contribution < 1.29 is 19.5 Å². The molecule has 0 radical (unpaired) electrons. The fourth-order valence-corrected chi connectivity index (χ4v) is 3.66. The third kappa shape index (κ3) is 4.00. The summed E-state index contributed by atoms with van der Waals surface area (Å²) in [5.74, 6) is -1.51. The fraction of sp³-hybridized carbons (Fsp3) is 0.526. The summed E-state index contributed by atoms with van der Waals surface area (Å²) < 4.78 is 0. The van der Waals surface area contributed by atoms with E-state index in [0.29, 0.717) is 32.2 Å². The number of amides is 2. The number of nitrogens with zero attached hydrogens (tertiary/aromatic N) is 1. The zero-order chi connectivity index (χ0) is 18.0. The Morgan fingerprint density at radius 2 is 1.72 bits per heavy atom. The molecule has 1 aromatic rings. The van der Waals surface area contributed by atoms with Gasteiger partial charge in [-0.25, -0.2) is 0 Å². The molecular weight excluding hydrogens is 320 g/mol. The lowest BCUT2D eigenvalue weighted by Gasteiger charge is -2.27. The molecule has 1 aromatic carbocycles. The zero-order valence-electron chi connectivity index (χ0n) is 14.4. The molecule has 1 aliphatic carbocycles. The molecule has 2 N–H and O–H groups in total. The Kier molecular flexibility index (Phi) is 5.06. The lowest BCUT2D eigenvalue weighted by Crippen LogP contribution is -2.42. The molecule has 0 aromatic heterocycles. The maximum atomic E-state index is 12.5. The molecule has 1 saturated heterocycles. The minimum Gasteiger partial charge on any atom is -0.481 e. The smallest absolute Gasteiger partial charge is 0.306 e. The van der Waals surface area contributed by atoms with E-state index in [9.17, 15) is 14.4 Å². The Morgan fingerprint density at radius 3 is 2.32 bits per heavy atom. The van der Waals surface area contributed by atoms with Crippen LogP contribution in [0.5, 0.6) is 0 Å². The van der Waals surface area contributed by atoms with Crippen molar-refractivity contribution in [2.75, 3.05) is 11.4 Å². The minimum atomic E-state index is -0.750. The second kappa shape index (κ2) is 7.25. The van der Waals surface area contributed by atoms with E-state index in [0.717, 1.165) is 11.3 Å². The van der Waals surface area contributed by atoms with E-state index in [1.165, 1.54) is 0 Å². The van der Waals surface area contributed by atoms with Crippen molar-refractivity contribution in [2.45, 2.75) is 45.1 Å². The standard InChI is InChI=1S/C19H24N2O4/c1-12-2-8-16(9-3-12)21-11-14(10-17(21)22)18(23)20-15-6-4-13(5-7-15)19(24)25/h2-3,8-9,13-15H,4-7,10-11H2,1H3,(H,20,23)(H,24,25). The number of aliphatic carboxylic acids is 1. The Labute approximate surface area is 147 Å². The quantitative estimate of drug-likeness (QED) is 0.876. The molecule has 6 heteroatoms. The van der Waals surface area contributed by atoms with Gasteiger partial charge in [0.05, 0.1) is 11.8 Å². The molecule has 0 spiro atoms. The maximum Gasteiger partial charge on any atom is 0.306 e. The third-order valence-corrected chi connectivity index (χ3v) is 5.26. The van der Waals surface area contributed by atoms with Crippen LogP contribution >= 0.6 is 0 Å². The van der Waals surface area contributed by atoms with Gasteiger partial charge < -0.3 is 15.3 Å². The van der Waals surface area contributed by atoms with Gasteiger partial charge in [0.15, 0.2) is 0 Å². The molecule has 25 heavy (non-hydrogen) atoms. The summed E-state index contributed by atoms with van der Waals surface area (Å²) in [5.41, 5.74) is 1.95. The Balaban J connectivity index is 1.54. The van der Waals surface area contributed by atoms with Gasteiger partial charge in [-0.2, -0.15) is 0 Å². The second-order valence-electron chi connectivity index (χ2n) is 7.14.